The third-order valence-electron chi connectivity index (χ3n) is 4.32. The predicted octanol–water partition coefficient (Wildman–Crippen LogP) is 4.07. The largest absolute Gasteiger partial charge is 0.449 e. The Balaban J connectivity index is 2.13. The molecule has 0 saturated carbocycles. The normalized spacial score (nSPS) is 10.4. The van der Waals surface area contributed by atoms with Crippen LogP contribution in [0.1, 0.15) is 13.8 Å². The molecule has 1 N–H and O–H groups in total. The minimum Gasteiger partial charge on any atom is -0.449 e. The second-order valence-corrected chi connectivity index (χ2v) is 8.55. The predicted molar refractivity (Wildman–Crippen MR) is 125 cm³/mol. The minimum atomic E-state index is -1.01. The van der Waals surface area contributed by atoms with Crippen molar-refractivity contribution in [3.8, 4) is 0 Å². The lowest BCUT2D eigenvalue weighted by Crippen LogP contribution is -2.49. The third-order valence-corrected chi connectivity index (χ3v) is 6.81. The molecule has 0 heterocycles. The summed E-state index contributed by atoms with van der Waals surface area (Å²) in [7, 11) is -1.01. The first-order valence-corrected chi connectivity index (χ1v) is 11.4. The van der Waals surface area contributed by atoms with Crippen LogP contribution in [0, 0.1) is 0 Å². The highest BCUT2D eigenvalue weighted by Crippen LogP contribution is 2.36. The molecule has 3 aromatic rings. The lowest BCUT2D eigenvalue weighted by molar-refractivity contribution is 0.139. The zero-order valence-corrected chi connectivity index (χ0v) is 18.4. The first kappa shape index (κ1) is 22.3. The van der Waals surface area contributed by atoms with Gasteiger partial charge in [0.15, 0.2) is 0 Å². The van der Waals surface area contributed by atoms with Crippen LogP contribution < -0.4 is 26.3 Å². The number of ether oxygens (including phenoxy) is 2. The van der Waals surface area contributed by atoms with Crippen LogP contribution in [0.2, 0.25) is 0 Å². The molecule has 3 aromatic carbocycles. The van der Waals surface area contributed by atoms with Gasteiger partial charge in [0.2, 0.25) is 0 Å². The van der Waals surface area contributed by atoms with Gasteiger partial charge in [-0.2, -0.15) is 5.01 Å². The molecule has 2 amide bonds. The highest BCUT2D eigenvalue weighted by atomic mass is 31.1. The molecule has 0 aliphatic rings. The molecule has 7 heteroatoms. The first-order valence-electron chi connectivity index (χ1n) is 10.0. The summed E-state index contributed by atoms with van der Waals surface area (Å²) in [4.78, 5) is 25.0. The Morgan fingerprint density at radius 3 is 1.84 bits per heavy atom. The maximum Gasteiger partial charge on any atom is 0.433 e. The molecule has 0 aromatic heterocycles. The molecule has 6 nitrogen and oxygen atoms in total. The van der Waals surface area contributed by atoms with E-state index in [1.54, 1.807) is 19.9 Å². The molecule has 0 aliphatic heterocycles. The molecular weight excluding hydrogens is 411 g/mol. The van der Waals surface area contributed by atoms with Crippen molar-refractivity contribution in [3.05, 3.63) is 84.9 Å². The molecule has 0 saturated heterocycles. The van der Waals surface area contributed by atoms with Gasteiger partial charge in [-0.15, -0.1) is 0 Å². The topological polar surface area (TPSA) is 67.9 Å². The van der Waals surface area contributed by atoms with Gasteiger partial charge in [-0.3, -0.25) is 0 Å². The number of carbonyl (C=O) groups excluding carboxylic acids is 2. The van der Waals surface area contributed by atoms with Crippen LogP contribution in [0.4, 0.5) is 15.3 Å². The number of nitrogens with one attached hydrogen (secondary N) is 1. The summed E-state index contributed by atoms with van der Waals surface area (Å²) in [6, 6.07) is 27.7. The van der Waals surface area contributed by atoms with E-state index in [0.717, 1.165) is 20.9 Å². The number of carbonyl (C=O) groups is 2. The maximum atomic E-state index is 12.8. The van der Waals surface area contributed by atoms with Gasteiger partial charge in [-0.25, -0.2) is 15.0 Å². The van der Waals surface area contributed by atoms with Crippen LogP contribution in [0.25, 0.3) is 0 Å². The Morgan fingerprint density at radius 1 is 0.774 bits per heavy atom. The summed E-state index contributed by atoms with van der Waals surface area (Å²) < 4.78 is 10.2. The first-order chi connectivity index (χ1) is 15.2. The van der Waals surface area contributed by atoms with Crippen molar-refractivity contribution in [1.29, 1.82) is 0 Å². The average Bonchev–Trinajstić information content (AvgIpc) is 2.80. The Labute approximate surface area is 183 Å². The summed E-state index contributed by atoms with van der Waals surface area (Å²) in [5.74, 6) is 0. The SMILES string of the molecule is CCOC(=O)NN(C(=O)OCC)c1ccccc1P(c1ccccc1)c1ccccc1. The van der Waals surface area contributed by atoms with Crippen LogP contribution in [0.5, 0.6) is 0 Å². The van der Waals surface area contributed by atoms with Crippen molar-refractivity contribution >= 4 is 41.7 Å². The second kappa shape index (κ2) is 11.1. The standard InChI is InChI=1S/C24H25N2O4P/c1-3-29-23(27)25-26(24(28)30-4-2)21-17-11-12-18-22(21)31(19-13-7-5-8-14-19)20-15-9-6-10-16-20/h5-18H,3-4H2,1-2H3,(H,25,27). The number of nitrogens with zero attached hydrogens (tertiary/aromatic N) is 1. The van der Waals surface area contributed by atoms with E-state index in [2.05, 4.69) is 29.7 Å². The molecule has 0 atom stereocenters. The van der Waals surface area contributed by atoms with E-state index in [0.29, 0.717) is 5.69 Å². The van der Waals surface area contributed by atoms with Gasteiger partial charge >= 0.3 is 12.2 Å². The molecular formula is C24H25N2O4P. The fourth-order valence-electron chi connectivity index (χ4n) is 3.07. The number of para-hydroxylation sites is 1. The molecule has 3 rings (SSSR count). The maximum absolute atomic E-state index is 12.8. The van der Waals surface area contributed by atoms with E-state index >= 15 is 0 Å². The molecule has 0 unspecified atom stereocenters. The number of rotatable bonds is 6. The number of anilines is 1. The van der Waals surface area contributed by atoms with Crippen molar-refractivity contribution in [2.75, 3.05) is 18.2 Å². The molecule has 0 aliphatic carbocycles. The van der Waals surface area contributed by atoms with Crippen molar-refractivity contribution in [2.24, 2.45) is 0 Å². The lowest BCUT2D eigenvalue weighted by Gasteiger charge is -2.28. The van der Waals surface area contributed by atoms with Gasteiger partial charge in [-0.05, 0) is 38.4 Å². The van der Waals surface area contributed by atoms with E-state index in [4.69, 9.17) is 9.47 Å². The molecule has 0 radical (unpaired) electrons. The van der Waals surface area contributed by atoms with Crippen molar-refractivity contribution in [3.63, 3.8) is 0 Å². The zero-order chi connectivity index (χ0) is 22.1. The van der Waals surface area contributed by atoms with Gasteiger partial charge in [0.25, 0.3) is 0 Å². The zero-order valence-electron chi connectivity index (χ0n) is 17.5. The summed E-state index contributed by atoms with van der Waals surface area (Å²) in [5.41, 5.74) is 3.06. The number of hydrogen-bond donors (Lipinski definition) is 1. The summed E-state index contributed by atoms with van der Waals surface area (Å²) in [6.07, 6.45) is -1.41. The molecule has 160 valence electrons. The van der Waals surface area contributed by atoms with E-state index in [-0.39, 0.29) is 13.2 Å². The van der Waals surface area contributed by atoms with E-state index in [9.17, 15) is 9.59 Å². The van der Waals surface area contributed by atoms with Gasteiger partial charge < -0.3 is 9.47 Å². The van der Waals surface area contributed by atoms with Gasteiger partial charge in [0.05, 0.1) is 18.9 Å². The summed E-state index contributed by atoms with van der Waals surface area (Å²) in [6.45, 7) is 3.78. The van der Waals surface area contributed by atoms with E-state index < -0.39 is 20.1 Å². The summed E-state index contributed by atoms with van der Waals surface area (Å²) >= 11 is 0. The van der Waals surface area contributed by atoms with Crippen molar-refractivity contribution in [2.45, 2.75) is 13.8 Å². The number of amides is 2. The Morgan fingerprint density at radius 2 is 1.29 bits per heavy atom. The van der Waals surface area contributed by atoms with Gasteiger partial charge in [0, 0.05) is 5.30 Å². The van der Waals surface area contributed by atoms with E-state index in [1.807, 2.05) is 54.6 Å². The van der Waals surface area contributed by atoms with Crippen LogP contribution in [-0.2, 0) is 9.47 Å². The Bertz CT molecular complexity index is 959. The lowest BCUT2D eigenvalue weighted by atomic mass is 10.3. The fraction of sp³-hybridized carbons (Fsp3) is 0.167. The van der Waals surface area contributed by atoms with Crippen LogP contribution in [0.3, 0.4) is 0 Å². The fourth-order valence-corrected chi connectivity index (χ4v) is 5.50. The van der Waals surface area contributed by atoms with Crippen molar-refractivity contribution < 1.29 is 19.1 Å². The second-order valence-electron chi connectivity index (χ2n) is 6.36. The van der Waals surface area contributed by atoms with E-state index in [1.165, 1.54) is 0 Å². The molecule has 31 heavy (non-hydrogen) atoms. The number of benzene rings is 3. The van der Waals surface area contributed by atoms with Crippen LogP contribution >= 0.6 is 7.92 Å². The quantitative estimate of drug-likeness (QED) is 0.467. The monoisotopic (exact) mass is 436 g/mol. The minimum absolute atomic E-state index is 0.175. The molecule has 0 fully saturated rings. The van der Waals surface area contributed by atoms with Crippen LogP contribution in [-0.4, -0.2) is 25.4 Å². The average molecular weight is 436 g/mol. The smallest absolute Gasteiger partial charge is 0.433 e. The Kier molecular flexibility index (Phi) is 8.02. The third kappa shape index (κ3) is 5.62. The highest BCUT2D eigenvalue weighted by Gasteiger charge is 2.27. The van der Waals surface area contributed by atoms with Gasteiger partial charge in [-0.1, -0.05) is 78.9 Å². The Hall–Kier alpha value is -3.37. The summed E-state index contributed by atoms with van der Waals surface area (Å²) in [5, 5.41) is 4.27. The van der Waals surface area contributed by atoms with Crippen LogP contribution in [0.15, 0.2) is 84.9 Å². The number of hydrazine groups is 1. The molecule has 0 bridgehead atoms. The highest BCUT2D eigenvalue weighted by molar-refractivity contribution is 7.80. The van der Waals surface area contributed by atoms with Crippen molar-refractivity contribution in [1.82, 2.24) is 5.43 Å². The number of hydrogen-bond acceptors (Lipinski definition) is 4. The van der Waals surface area contributed by atoms with Gasteiger partial charge in [0.1, 0.15) is 0 Å². The molecule has 0 spiro atoms.